The Morgan fingerprint density at radius 1 is 0.789 bits per heavy atom. The molecule has 2 saturated carbocycles. The SMILES string of the molecule is O=C(C1CC1)N1CCC(NC2CCCCCC2)CC1. The number of nitrogens with zero attached hydrogens (tertiary/aromatic N) is 1. The van der Waals surface area contributed by atoms with E-state index in [1.807, 2.05) is 0 Å². The van der Waals surface area contributed by atoms with Crippen molar-refractivity contribution in [3.8, 4) is 0 Å². The van der Waals surface area contributed by atoms with Crippen LogP contribution in [0.25, 0.3) is 0 Å². The van der Waals surface area contributed by atoms with Crippen molar-refractivity contribution in [2.75, 3.05) is 13.1 Å². The molecule has 3 rings (SSSR count). The molecule has 1 amide bonds. The number of likely N-dealkylation sites (tertiary alicyclic amines) is 1. The summed E-state index contributed by atoms with van der Waals surface area (Å²) in [7, 11) is 0. The molecule has 1 aliphatic heterocycles. The Labute approximate surface area is 117 Å². The number of nitrogens with one attached hydrogen (secondary N) is 1. The van der Waals surface area contributed by atoms with E-state index in [1.54, 1.807) is 0 Å². The van der Waals surface area contributed by atoms with Gasteiger partial charge in [0.1, 0.15) is 0 Å². The molecule has 1 N–H and O–H groups in total. The van der Waals surface area contributed by atoms with E-state index in [9.17, 15) is 4.79 Å². The van der Waals surface area contributed by atoms with Gasteiger partial charge in [-0.15, -0.1) is 0 Å². The zero-order chi connectivity index (χ0) is 13.1. The van der Waals surface area contributed by atoms with Crippen LogP contribution in [0.4, 0.5) is 0 Å². The van der Waals surface area contributed by atoms with Crippen molar-refractivity contribution < 1.29 is 4.79 Å². The molecule has 0 atom stereocenters. The van der Waals surface area contributed by atoms with Gasteiger partial charge in [-0.1, -0.05) is 25.7 Å². The Kier molecular flexibility index (Phi) is 4.42. The summed E-state index contributed by atoms with van der Waals surface area (Å²) in [6.07, 6.45) is 13.0. The summed E-state index contributed by atoms with van der Waals surface area (Å²) in [5.41, 5.74) is 0. The summed E-state index contributed by atoms with van der Waals surface area (Å²) < 4.78 is 0. The molecule has 1 heterocycles. The maximum absolute atomic E-state index is 12.0. The summed E-state index contributed by atoms with van der Waals surface area (Å²) in [6, 6.07) is 1.41. The smallest absolute Gasteiger partial charge is 0.225 e. The lowest BCUT2D eigenvalue weighted by Crippen LogP contribution is -2.48. The molecule has 1 saturated heterocycles. The molecule has 0 aromatic heterocycles. The number of piperidine rings is 1. The average Bonchev–Trinajstić information content (AvgIpc) is 3.27. The molecule has 0 spiro atoms. The highest BCUT2D eigenvalue weighted by Crippen LogP contribution is 2.32. The van der Waals surface area contributed by atoms with E-state index in [0.29, 0.717) is 17.9 Å². The molecule has 19 heavy (non-hydrogen) atoms. The summed E-state index contributed by atoms with van der Waals surface area (Å²) >= 11 is 0. The lowest BCUT2D eigenvalue weighted by Gasteiger charge is -2.34. The molecule has 3 heteroatoms. The monoisotopic (exact) mass is 264 g/mol. The molecule has 0 unspecified atom stereocenters. The summed E-state index contributed by atoms with van der Waals surface area (Å²) in [5, 5.41) is 3.86. The van der Waals surface area contributed by atoms with Crippen LogP contribution < -0.4 is 5.32 Å². The number of amides is 1. The number of carbonyl (C=O) groups is 1. The predicted molar refractivity (Wildman–Crippen MR) is 77.0 cm³/mol. The molecule has 108 valence electrons. The van der Waals surface area contributed by atoms with Crippen LogP contribution in [0, 0.1) is 5.92 Å². The maximum atomic E-state index is 12.0. The second kappa shape index (κ2) is 6.25. The third kappa shape index (κ3) is 3.71. The topological polar surface area (TPSA) is 32.3 Å². The second-order valence-corrected chi connectivity index (χ2v) is 6.73. The van der Waals surface area contributed by atoms with Gasteiger partial charge in [0.05, 0.1) is 0 Å². The molecular weight excluding hydrogens is 236 g/mol. The van der Waals surface area contributed by atoms with Gasteiger partial charge in [-0.2, -0.15) is 0 Å². The van der Waals surface area contributed by atoms with Crippen molar-refractivity contribution in [2.24, 2.45) is 5.92 Å². The second-order valence-electron chi connectivity index (χ2n) is 6.73. The molecule has 2 aliphatic carbocycles. The molecule has 0 radical (unpaired) electrons. The van der Waals surface area contributed by atoms with Gasteiger partial charge in [-0.25, -0.2) is 0 Å². The van der Waals surface area contributed by atoms with Crippen molar-refractivity contribution in [1.82, 2.24) is 10.2 Å². The zero-order valence-corrected chi connectivity index (χ0v) is 12.1. The zero-order valence-electron chi connectivity index (χ0n) is 12.1. The minimum absolute atomic E-state index is 0.395. The van der Waals surface area contributed by atoms with Crippen LogP contribution in [0.3, 0.4) is 0 Å². The van der Waals surface area contributed by atoms with Crippen molar-refractivity contribution >= 4 is 5.91 Å². The van der Waals surface area contributed by atoms with Crippen molar-refractivity contribution in [1.29, 1.82) is 0 Å². The first-order valence-corrected chi connectivity index (χ1v) is 8.38. The normalized spacial score (nSPS) is 27.3. The van der Waals surface area contributed by atoms with E-state index < -0.39 is 0 Å². The van der Waals surface area contributed by atoms with Crippen LogP contribution in [0.5, 0.6) is 0 Å². The van der Waals surface area contributed by atoms with Gasteiger partial charge in [0.15, 0.2) is 0 Å². The van der Waals surface area contributed by atoms with Gasteiger partial charge in [-0.3, -0.25) is 4.79 Å². The van der Waals surface area contributed by atoms with Gasteiger partial charge in [0, 0.05) is 31.1 Å². The third-order valence-electron chi connectivity index (χ3n) is 5.06. The molecule has 3 nitrogen and oxygen atoms in total. The van der Waals surface area contributed by atoms with Crippen molar-refractivity contribution in [3.05, 3.63) is 0 Å². The molecule has 0 aromatic carbocycles. The predicted octanol–water partition coefficient (Wildman–Crippen LogP) is 2.70. The van der Waals surface area contributed by atoms with Gasteiger partial charge in [-0.05, 0) is 38.5 Å². The maximum Gasteiger partial charge on any atom is 0.225 e. The highest BCUT2D eigenvalue weighted by atomic mass is 16.2. The van der Waals surface area contributed by atoms with E-state index >= 15 is 0 Å². The summed E-state index contributed by atoms with van der Waals surface area (Å²) in [5.74, 6) is 0.833. The third-order valence-corrected chi connectivity index (χ3v) is 5.06. The Morgan fingerprint density at radius 2 is 1.37 bits per heavy atom. The first kappa shape index (κ1) is 13.4. The van der Waals surface area contributed by atoms with Crippen molar-refractivity contribution in [3.63, 3.8) is 0 Å². The van der Waals surface area contributed by atoms with Crippen LogP contribution in [-0.2, 0) is 4.79 Å². The average molecular weight is 264 g/mol. The molecule has 3 aliphatic rings. The first-order valence-electron chi connectivity index (χ1n) is 8.38. The number of hydrogen-bond acceptors (Lipinski definition) is 2. The van der Waals surface area contributed by atoms with Gasteiger partial charge >= 0.3 is 0 Å². The van der Waals surface area contributed by atoms with E-state index in [-0.39, 0.29) is 0 Å². The Hall–Kier alpha value is -0.570. The fraction of sp³-hybridized carbons (Fsp3) is 0.938. The highest BCUT2D eigenvalue weighted by Gasteiger charge is 2.35. The minimum atomic E-state index is 0.395. The van der Waals surface area contributed by atoms with Crippen LogP contribution in [-0.4, -0.2) is 36.0 Å². The molecule has 0 aromatic rings. The molecule has 0 bridgehead atoms. The largest absolute Gasteiger partial charge is 0.342 e. The van der Waals surface area contributed by atoms with Gasteiger partial charge in [0.25, 0.3) is 0 Å². The molecular formula is C16H28N2O. The van der Waals surface area contributed by atoms with E-state index in [2.05, 4.69) is 10.2 Å². The highest BCUT2D eigenvalue weighted by molar-refractivity contribution is 5.81. The van der Waals surface area contributed by atoms with Crippen LogP contribution in [0.15, 0.2) is 0 Å². The quantitative estimate of drug-likeness (QED) is 0.795. The van der Waals surface area contributed by atoms with Gasteiger partial charge < -0.3 is 10.2 Å². The summed E-state index contributed by atoms with van der Waals surface area (Å²) in [6.45, 7) is 1.97. The first-order chi connectivity index (χ1) is 9.33. The van der Waals surface area contributed by atoms with Gasteiger partial charge in [0.2, 0.25) is 5.91 Å². The fourth-order valence-corrected chi connectivity index (χ4v) is 3.63. The fourth-order valence-electron chi connectivity index (χ4n) is 3.63. The van der Waals surface area contributed by atoms with Crippen LogP contribution in [0.2, 0.25) is 0 Å². The van der Waals surface area contributed by atoms with Crippen LogP contribution >= 0.6 is 0 Å². The van der Waals surface area contributed by atoms with E-state index in [1.165, 1.54) is 38.5 Å². The Balaban J connectivity index is 1.40. The lowest BCUT2D eigenvalue weighted by molar-refractivity contribution is -0.133. The summed E-state index contributed by atoms with van der Waals surface area (Å²) in [4.78, 5) is 14.1. The van der Waals surface area contributed by atoms with E-state index in [0.717, 1.165) is 44.8 Å². The standard InChI is InChI=1S/C16H28N2O/c19-16(13-7-8-13)18-11-9-15(10-12-18)17-14-5-3-1-2-4-6-14/h13-15,17H,1-12H2. The Bertz CT molecular complexity index is 298. The van der Waals surface area contributed by atoms with Crippen LogP contribution in [0.1, 0.15) is 64.2 Å². The number of rotatable bonds is 3. The lowest BCUT2D eigenvalue weighted by atomic mass is 10.0. The molecule has 3 fully saturated rings. The van der Waals surface area contributed by atoms with E-state index in [4.69, 9.17) is 0 Å². The number of carbonyl (C=O) groups excluding carboxylic acids is 1. The minimum Gasteiger partial charge on any atom is -0.342 e. The van der Waals surface area contributed by atoms with Crippen molar-refractivity contribution in [2.45, 2.75) is 76.3 Å². The number of hydrogen-bond donors (Lipinski definition) is 1. The Morgan fingerprint density at radius 3 is 1.95 bits per heavy atom.